The molecule has 4 rings (SSSR count). The summed E-state index contributed by atoms with van der Waals surface area (Å²) >= 11 is 6.70. The summed E-state index contributed by atoms with van der Waals surface area (Å²) in [4.78, 5) is 15.0. The van der Waals surface area contributed by atoms with Crippen molar-refractivity contribution in [2.24, 2.45) is 0 Å². The Balaban J connectivity index is 1.81. The van der Waals surface area contributed by atoms with Gasteiger partial charge in [-0.1, -0.05) is 54.8 Å². The third-order valence-corrected chi connectivity index (χ3v) is 6.44. The maximum atomic E-state index is 12.8. The van der Waals surface area contributed by atoms with Crippen LogP contribution in [0.1, 0.15) is 18.1 Å². The van der Waals surface area contributed by atoms with Gasteiger partial charge in [0.15, 0.2) is 0 Å². The summed E-state index contributed by atoms with van der Waals surface area (Å²) in [5.74, 6) is 0.713. The fourth-order valence-electron chi connectivity index (χ4n) is 3.48. The van der Waals surface area contributed by atoms with Crippen molar-refractivity contribution in [3.8, 4) is 22.7 Å². The number of amides is 1. The molecule has 5 nitrogen and oxygen atoms in total. The van der Waals surface area contributed by atoms with Gasteiger partial charge in [-0.25, -0.2) is 4.68 Å². The predicted molar refractivity (Wildman–Crippen MR) is 135 cm³/mol. The lowest BCUT2D eigenvalue weighted by Crippen LogP contribution is -2.27. The second-order valence-electron chi connectivity index (χ2n) is 7.22. The van der Waals surface area contributed by atoms with Crippen LogP contribution >= 0.6 is 24.0 Å². The maximum absolute atomic E-state index is 12.8. The Morgan fingerprint density at radius 1 is 1.22 bits per heavy atom. The molecule has 3 aromatic rings. The quantitative estimate of drug-likeness (QED) is 0.259. The van der Waals surface area contributed by atoms with Gasteiger partial charge >= 0.3 is 0 Å². The molecule has 1 aliphatic rings. The van der Waals surface area contributed by atoms with Crippen LogP contribution in [0.4, 0.5) is 0 Å². The number of rotatable bonds is 7. The lowest BCUT2D eigenvalue weighted by Gasteiger charge is -2.09. The molecule has 0 saturated carbocycles. The maximum Gasteiger partial charge on any atom is 0.266 e. The largest absolute Gasteiger partial charge is 0.490 e. The lowest BCUT2D eigenvalue weighted by molar-refractivity contribution is -0.121. The first kappa shape index (κ1) is 22.0. The number of para-hydroxylation sites is 1. The summed E-state index contributed by atoms with van der Waals surface area (Å²) in [5.41, 5.74) is 4.60. The van der Waals surface area contributed by atoms with E-state index >= 15 is 0 Å². The Bertz CT molecular complexity index is 1220. The minimum Gasteiger partial charge on any atom is -0.490 e. The molecule has 1 amide bonds. The summed E-state index contributed by atoms with van der Waals surface area (Å²) in [6.07, 6.45) is 5.55. The highest BCUT2D eigenvalue weighted by Gasteiger charge is 2.31. The van der Waals surface area contributed by atoms with E-state index in [1.165, 1.54) is 11.8 Å². The van der Waals surface area contributed by atoms with Gasteiger partial charge < -0.3 is 4.74 Å². The van der Waals surface area contributed by atoms with Crippen LogP contribution in [0.15, 0.2) is 72.3 Å². The van der Waals surface area contributed by atoms with Crippen molar-refractivity contribution in [2.45, 2.75) is 13.8 Å². The summed E-state index contributed by atoms with van der Waals surface area (Å²) in [6.45, 7) is 8.65. The number of ether oxygens (including phenoxy) is 1. The van der Waals surface area contributed by atoms with Crippen LogP contribution in [0.25, 0.3) is 23.0 Å². The van der Waals surface area contributed by atoms with Gasteiger partial charge in [-0.05, 0) is 55.8 Å². The number of carbonyl (C=O) groups excluding carboxylic acids is 1. The number of hydrogen-bond acceptors (Lipinski definition) is 5. The molecule has 0 unspecified atom stereocenters. The molecule has 1 saturated heterocycles. The van der Waals surface area contributed by atoms with E-state index in [2.05, 4.69) is 6.58 Å². The zero-order chi connectivity index (χ0) is 22.7. The van der Waals surface area contributed by atoms with Gasteiger partial charge in [0.05, 0.1) is 10.6 Å². The SMILES string of the molecule is C=CCOc1ccc(-c2nn(-c3ccccc3)cc2C=C2SC(=S)N(CC)C2=O)c(C)c1. The van der Waals surface area contributed by atoms with Crippen molar-refractivity contribution in [3.63, 3.8) is 0 Å². The predicted octanol–water partition coefficient (Wildman–Crippen LogP) is 5.63. The van der Waals surface area contributed by atoms with Gasteiger partial charge in [0.25, 0.3) is 5.91 Å². The van der Waals surface area contributed by atoms with Crippen LogP contribution in [0.2, 0.25) is 0 Å². The fraction of sp³-hybridized carbons (Fsp3) is 0.160. The first-order valence-electron chi connectivity index (χ1n) is 10.3. The van der Waals surface area contributed by atoms with Crippen LogP contribution < -0.4 is 4.74 Å². The standard InChI is InChI=1S/C25H23N3O2S2/c1-4-13-30-20-11-12-21(17(3)14-20)23-18(15-22-24(29)27(5-2)25(31)32-22)16-28(26-23)19-9-7-6-8-10-19/h4,6-12,14-16H,1,5,13H2,2-3H3. The number of benzene rings is 2. The lowest BCUT2D eigenvalue weighted by atomic mass is 10.0. The Kier molecular flexibility index (Phi) is 6.58. The summed E-state index contributed by atoms with van der Waals surface area (Å²) in [7, 11) is 0. The average Bonchev–Trinajstić information content (AvgIpc) is 3.33. The number of thioether (sulfide) groups is 1. The first-order valence-corrected chi connectivity index (χ1v) is 11.5. The van der Waals surface area contributed by atoms with E-state index in [1.807, 2.05) is 79.3 Å². The second-order valence-corrected chi connectivity index (χ2v) is 8.89. The summed E-state index contributed by atoms with van der Waals surface area (Å²) < 4.78 is 8.09. The van der Waals surface area contributed by atoms with Gasteiger partial charge in [-0.2, -0.15) is 5.10 Å². The van der Waals surface area contributed by atoms with Gasteiger partial charge in [-0.15, -0.1) is 0 Å². The molecule has 1 aromatic heterocycles. The zero-order valence-corrected chi connectivity index (χ0v) is 19.6. The topological polar surface area (TPSA) is 47.4 Å². The molecule has 162 valence electrons. The van der Waals surface area contributed by atoms with E-state index in [0.29, 0.717) is 22.4 Å². The third kappa shape index (κ3) is 4.40. The number of nitrogens with zero attached hydrogens (tertiary/aromatic N) is 3. The molecular formula is C25H23N3O2S2. The molecule has 32 heavy (non-hydrogen) atoms. The first-order chi connectivity index (χ1) is 15.5. The average molecular weight is 462 g/mol. The Morgan fingerprint density at radius 3 is 2.66 bits per heavy atom. The van der Waals surface area contributed by atoms with Crippen molar-refractivity contribution in [1.29, 1.82) is 0 Å². The van der Waals surface area contributed by atoms with E-state index in [0.717, 1.165) is 33.8 Å². The second kappa shape index (κ2) is 9.54. The Hall–Kier alpha value is -3.16. The van der Waals surface area contributed by atoms with Crippen LogP contribution in [-0.4, -0.2) is 38.1 Å². The van der Waals surface area contributed by atoms with E-state index < -0.39 is 0 Å². The molecule has 2 aromatic carbocycles. The van der Waals surface area contributed by atoms with E-state index in [1.54, 1.807) is 11.0 Å². The highest BCUT2D eigenvalue weighted by atomic mass is 32.2. The van der Waals surface area contributed by atoms with E-state index in [-0.39, 0.29) is 5.91 Å². The van der Waals surface area contributed by atoms with Gasteiger partial charge in [0.1, 0.15) is 22.4 Å². The molecule has 2 heterocycles. The number of thiocarbonyl (C=S) groups is 1. The van der Waals surface area contributed by atoms with Crippen LogP contribution in [0.3, 0.4) is 0 Å². The number of aromatic nitrogens is 2. The highest BCUT2D eigenvalue weighted by Crippen LogP contribution is 2.36. The number of aryl methyl sites for hydroxylation is 1. The molecule has 7 heteroatoms. The van der Waals surface area contributed by atoms with E-state index in [9.17, 15) is 4.79 Å². The third-order valence-electron chi connectivity index (χ3n) is 5.06. The highest BCUT2D eigenvalue weighted by molar-refractivity contribution is 8.26. The normalized spacial score (nSPS) is 14.9. The number of likely N-dealkylation sites (N-methyl/N-ethyl adjacent to an activating group) is 1. The van der Waals surface area contributed by atoms with Crippen LogP contribution in [0.5, 0.6) is 5.75 Å². The van der Waals surface area contributed by atoms with Crippen molar-refractivity contribution >= 4 is 40.3 Å². The van der Waals surface area contributed by atoms with E-state index in [4.69, 9.17) is 22.1 Å². The van der Waals surface area contributed by atoms with Crippen molar-refractivity contribution in [3.05, 3.63) is 83.4 Å². The molecule has 0 atom stereocenters. The van der Waals surface area contributed by atoms with Gasteiger partial charge in [0, 0.05) is 23.9 Å². The molecule has 0 aliphatic carbocycles. The Morgan fingerprint density at radius 2 is 2.00 bits per heavy atom. The number of carbonyl (C=O) groups is 1. The smallest absolute Gasteiger partial charge is 0.266 e. The molecule has 0 spiro atoms. The Labute approximate surface area is 197 Å². The molecule has 0 radical (unpaired) electrons. The van der Waals surface area contributed by atoms with Gasteiger partial charge in [-0.3, -0.25) is 9.69 Å². The van der Waals surface area contributed by atoms with Crippen molar-refractivity contribution in [1.82, 2.24) is 14.7 Å². The molecular weight excluding hydrogens is 438 g/mol. The van der Waals surface area contributed by atoms with Crippen molar-refractivity contribution in [2.75, 3.05) is 13.2 Å². The minimum absolute atomic E-state index is 0.0641. The minimum atomic E-state index is -0.0641. The molecule has 0 N–H and O–H groups in total. The fourth-order valence-corrected chi connectivity index (χ4v) is 4.85. The molecule has 1 aliphatic heterocycles. The van der Waals surface area contributed by atoms with Crippen LogP contribution in [-0.2, 0) is 4.79 Å². The monoisotopic (exact) mass is 461 g/mol. The summed E-state index contributed by atoms with van der Waals surface area (Å²) in [5, 5.41) is 4.88. The van der Waals surface area contributed by atoms with Crippen LogP contribution in [0, 0.1) is 6.92 Å². The molecule has 0 bridgehead atoms. The zero-order valence-electron chi connectivity index (χ0n) is 17.9. The molecule has 1 fully saturated rings. The summed E-state index contributed by atoms with van der Waals surface area (Å²) in [6, 6.07) is 15.8. The van der Waals surface area contributed by atoms with Gasteiger partial charge in [0.2, 0.25) is 0 Å². The van der Waals surface area contributed by atoms with Crippen molar-refractivity contribution < 1.29 is 9.53 Å². The number of hydrogen-bond donors (Lipinski definition) is 0.